The first-order valence-electron chi connectivity index (χ1n) is 23.2. The van der Waals surface area contributed by atoms with Gasteiger partial charge in [0.15, 0.2) is 0 Å². The molecule has 0 bridgehead atoms. The van der Waals surface area contributed by atoms with Gasteiger partial charge in [-0.1, -0.05) is 126 Å². The molecular formula is C62H52N4. The van der Waals surface area contributed by atoms with Crippen molar-refractivity contribution >= 4 is 65.4 Å². The number of nitrogens with zero attached hydrogens (tertiary/aromatic N) is 4. The molecule has 0 aliphatic heterocycles. The Labute approximate surface area is 386 Å². The molecule has 0 atom stereocenters. The van der Waals surface area contributed by atoms with Crippen molar-refractivity contribution in [2.24, 2.45) is 0 Å². The summed E-state index contributed by atoms with van der Waals surface area (Å²) in [5.74, 6) is 0. The van der Waals surface area contributed by atoms with E-state index in [1.165, 1.54) is 99.1 Å². The number of hydrogen-bond acceptors (Lipinski definition) is 1. The second-order valence-corrected chi connectivity index (χ2v) is 20.3. The van der Waals surface area contributed by atoms with Gasteiger partial charge < -0.3 is 13.7 Å². The summed E-state index contributed by atoms with van der Waals surface area (Å²) in [4.78, 5) is 4.65. The molecular weight excluding hydrogens is 801 g/mol. The average Bonchev–Trinajstić information content (AvgIpc) is 3.95. The van der Waals surface area contributed by atoms with Crippen molar-refractivity contribution in [1.29, 1.82) is 0 Å². The number of pyridine rings is 1. The average molecular weight is 853 g/mol. The van der Waals surface area contributed by atoms with Gasteiger partial charge in [-0.3, -0.25) is 4.98 Å². The van der Waals surface area contributed by atoms with Crippen LogP contribution >= 0.6 is 0 Å². The molecule has 0 amide bonds. The summed E-state index contributed by atoms with van der Waals surface area (Å²) in [6.45, 7) is 15.9. The molecule has 0 aliphatic rings. The Morgan fingerprint density at radius 1 is 0.318 bits per heavy atom. The van der Waals surface area contributed by atoms with Crippen LogP contribution in [0.4, 0.5) is 0 Å². The Balaban J connectivity index is 1.05. The van der Waals surface area contributed by atoms with E-state index in [0.29, 0.717) is 0 Å². The number of fused-ring (bicyclic) bond motifs is 9. The van der Waals surface area contributed by atoms with Crippen LogP contribution in [0, 0.1) is 6.92 Å². The molecule has 8 aromatic carbocycles. The van der Waals surface area contributed by atoms with Gasteiger partial charge in [0, 0.05) is 49.9 Å². The van der Waals surface area contributed by atoms with Crippen LogP contribution < -0.4 is 0 Å². The molecule has 12 rings (SSSR count). The lowest BCUT2D eigenvalue weighted by molar-refractivity contribution is 0.590. The molecule has 4 heterocycles. The number of aromatic nitrogens is 4. The van der Waals surface area contributed by atoms with E-state index < -0.39 is 0 Å². The van der Waals surface area contributed by atoms with Gasteiger partial charge in [0.1, 0.15) is 0 Å². The summed E-state index contributed by atoms with van der Waals surface area (Å²) >= 11 is 0. The van der Waals surface area contributed by atoms with Gasteiger partial charge >= 0.3 is 0 Å². The van der Waals surface area contributed by atoms with Crippen LogP contribution in [0.1, 0.15) is 58.2 Å². The van der Waals surface area contributed by atoms with Crippen molar-refractivity contribution in [3.63, 3.8) is 0 Å². The molecule has 0 saturated carbocycles. The Morgan fingerprint density at radius 3 is 1.05 bits per heavy atom. The van der Waals surface area contributed by atoms with E-state index in [4.69, 9.17) is 0 Å². The lowest BCUT2D eigenvalue weighted by Crippen LogP contribution is -2.10. The fourth-order valence-electron chi connectivity index (χ4n) is 10.4. The number of rotatable bonds is 5. The van der Waals surface area contributed by atoms with E-state index in [1.807, 2.05) is 12.4 Å². The molecule has 0 N–H and O–H groups in total. The van der Waals surface area contributed by atoms with Crippen LogP contribution in [0.2, 0.25) is 0 Å². The Kier molecular flexibility index (Phi) is 8.86. The van der Waals surface area contributed by atoms with Crippen molar-refractivity contribution in [1.82, 2.24) is 18.7 Å². The predicted molar refractivity (Wildman–Crippen MR) is 280 cm³/mol. The van der Waals surface area contributed by atoms with Gasteiger partial charge in [0.2, 0.25) is 0 Å². The fourth-order valence-corrected chi connectivity index (χ4v) is 10.4. The summed E-state index contributed by atoms with van der Waals surface area (Å²) in [7, 11) is 0. The van der Waals surface area contributed by atoms with Crippen molar-refractivity contribution in [2.75, 3.05) is 0 Å². The zero-order chi connectivity index (χ0) is 45.1. The SMILES string of the molecule is Cc1cncc(-n2c3ccc(-c4ccc5c(c4)c4ccc(C(C)(C)C)cc4n5-c4ccccc4)cc3c3cc(-c4ccc5c(c4)c4ccc(C(C)(C)C)cc4n5-c4ccccc4)ccc32)c1. The first-order valence-corrected chi connectivity index (χ1v) is 23.2. The fraction of sp³-hybridized carbons (Fsp3) is 0.145. The topological polar surface area (TPSA) is 27.7 Å². The minimum Gasteiger partial charge on any atom is -0.309 e. The molecule has 0 fully saturated rings. The van der Waals surface area contributed by atoms with Gasteiger partial charge in [0.05, 0.1) is 45.0 Å². The van der Waals surface area contributed by atoms with Crippen LogP contribution in [-0.2, 0) is 10.8 Å². The van der Waals surface area contributed by atoms with Crippen LogP contribution in [0.15, 0.2) is 188 Å². The molecule has 4 heteroatoms. The quantitative estimate of drug-likeness (QED) is 0.169. The molecule has 0 saturated heterocycles. The third kappa shape index (κ3) is 6.38. The maximum atomic E-state index is 4.65. The smallest absolute Gasteiger partial charge is 0.0648 e. The molecule has 320 valence electrons. The number of benzene rings is 8. The molecule has 0 unspecified atom stereocenters. The Morgan fingerprint density at radius 2 is 0.682 bits per heavy atom. The van der Waals surface area contributed by atoms with Gasteiger partial charge in [-0.05, 0) is 148 Å². The van der Waals surface area contributed by atoms with E-state index in [-0.39, 0.29) is 10.8 Å². The molecule has 12 aromatic rings. The number of hydrogen-bond donors (Lipinski definition) is 0. The van der Waals surface area contributed by atoms with Crippen LogP contribution in [0.3, 0.4) is 0 Å². The third-order valence-electron chi connectivity index (χ3n) is 13.8. The maximum absolute atomic E-state index is 4.65. The molecule has 0 spiro atoms. The second kappa shape index (κ2) is 14.7. The first-order chi connectivity index (χ1) is 31.9. The zero-order valence-corrected chi connectivity index (χ0v) is 38.7. The summed E-state index contributed by atoms with van der Waals surface area (Å²) in [5, 5.41) is 7.45. The highest BCUT2D eigenvalue weighted by Gasteiger charge is 2.22. The molecule has 0 radical (unpaired) electrons. The Bertz CT molecular complexity index is 3650. The van der Waals surface area contributed by atoms with Crippen molar-refractivity contribution in [2.45, 2.75) is 59.3 Å². The number of para-hydroxylation sites is 2. The lowest BCUT2D eigenvalue weighted by atomic mass is 9.86. The number of aryl methyl sites for hydroxylation is 1. The van der Waals surface area contributed by atoms with Crippen LogP contribution in [-0.4, -0.2) is 18.7 Å². The standard InChI is InChI=1S/C62H52N4/c1-39-30-48(38-63-37-39)66-57-28-20-42(40-18-26-55-51(31-40)49-24-22-44(61(2,3)4)35-59(49)64(55)46-14-10-8-11-15-46)33-53(57)54-34-43(21-29-58(54)66)41-19-27-56-52(32-41)50-25-23-45(62(5,6)7)36-60(50)65(56)47-16-12-9-13-17-47/h8-38H,1-7H3. The van der Waals surface area contributed by atoms with Gasteiger partial charge in [-0.25, -0.2) is 0 Å². The monoisotopic (exact) mass is 852 g/mol. The third-order valence-corrected chi connectivity index (χ3v) is 13.8. The van der Waals surface area contributed by atoms with Gasteiger partial charge in [-0.15, -0.1) is 0 Å². The highest BCUT2D eigenvalue weighted by molar-refractivity contribution is 6.14. The molecule has 4 nitrogen and oxygen atoms in total. The van der Waals surface area contributed by atoms with Crippen molar-refractivity contribution in [3.8, 4) is 39.3 Å². The molecule has 0 aliphatic carbocycles. The van der Waals surface area contributed by atoms with E-state index in [2.05, 4.69) is 243 Å². The van der Waals surface area contributed by atoms with Gasteiger partial charge in [-0.2, -0.15) is 0 Å². The molecule has 66 heavy (non-hydrogen) atoms. The maximum Gasteiger partial charge on any atom is 0.0648 e. The van der Waals surface area contributed by atoms with E-state index in [0.717, 1.165) is 22.3 Å². The summed E-state index contributed by atoms with van der Waals surface area (Å²) in [6, 6.07) is 65.8. The van der Waals surface area contributed by atoms with E-state index in [9.17, 15) is 0 Å². The zero-order valence-electron chi connectivity index (χ0n) is 38.7. The first kappa shape index (κ1) is 39.9. The predicted octanol–water partition coefficient (Wildman–Crippen LogP) is 16.6. The van der Waals surface area contributed by atoms with Crippen LogP contribution in [0.5, 0.6) is 0 Å². The van der Waals surface area contributed by atoms with Gasteiger partial charge in [0.25, 0.3) is 0 Å². The highest BCUT2D eigenvalue weighted by atomic mass is 15.0. The summed E-state index contributed by atoms with van der Waals surface area (Å²) in [6.07, 6.45) is 3.91. The molecule has 4 aromatic heterocycles. The lowest BCUT2D eigenvalue weighted by Gasteiger charge is -2.19. The largest absolute Gasteiger partial charge is 0.309 e. The second-order valence-electron chi connectivity index (χ2n) is 20.3. The van der Waals surface area contributed by atoms with E-state index in [1.54, 1.807) is 0 Å². The Hall–Kier alpha value is -7.69. The van der Waals surface area contributed by atoms with Crippen molar-refractivity contribution < 1.29 is 0 Å². The minimum absolute atomic E-state index is 0.0340. The normalized spacial score (nSPS) is 12.5. The minimum atomic E-state index is 0.0340. The van der Waals surface area contributed by atoms with E-state index >= 15 is 0 Å². The van der Waals surface area contributed by atoms with Crippen LogP contribution in [0.25, 0.3) is 105 Å². The van der Waals surface area contributed by atoms with Crippen molar-refractivity contribution in [3.05, 3.63) is 205 Å². The highest BCUT2D eigenvalue weighted by Crippen LogP contribution is 2.42. The summed E-state index contributed by atoms with van der Waals surface area (Å²) in [5.41, 5.74) is 19.2. The summed E-state index contributed by atoms with van der Waals surface area (Å²) < 4.78 is 7.24.